The molecular formula is C19H16N2O4. The van der Waals surface area contributed by atoms with Gasteiger partial charge in [0.15, 0.2) is 5.76 Å². The van der Waals surface area contributed by atoms with Gasteiger partial charge in [0.1, 0.15) is 5.56 Å². The Morgan fingerprint density at radius 3 is 2.48 bits per heavy atom. The van der Waals surface area contributed by atoms with E-state index < -0.39 is 5.97 Å². The molecule has 1 heterocycles. The number of ether oxygens (including phenoxy) is 1. The summed E-state index contributed by atoms with van der Waals surface area (Å²) in [5.41, 5.74) is 2.08. The van der Waals surface area contributed by atoms with E-state index >= 15 is 0 Å². The first-order valence-corrected chi connectivity index (χ1v) is 7.77. The van der Waals surface area contributed by atoms with Gasteiger partial charge in [0, 0.05) is 11.3 Å². The summed E-state index contributed by atoms with van der Waals surface area (Å²) < 4.78 is 10.1. The molecule has 0 unspecified atom stereocenters. The van der Waals surface area contributed by atoms with Crippen molar-refractivity contribution in [2.24, 2.45) is 0 Å². The highest BCUT2D eigenvalue weighted by Gasteiger charge is 2.18. The molecule has 6 heteroatoms. The lowest BCUT2D eigenvalue weighted by molar-refractivity contribution is 0.0526. The van der Waals surface area contributed by atoms with Crippen molar-refractivity contribution in [1.82, 2.24) is 5.16 Å². The number of esters is 1. The minimum absolute atomic E-state index is 0.313. The molecule has 0 spiro atoms. The number of hydrogen-bond acceptors (Lipinski definition) is 5. The number of aromatic nitrogens is 1. The zero-order valence-corrected chi connectivity index (χ0v) is 13.6. The summed E-state index contributed by atoms with van der Waals surface area (Å²) in [5, 5.41) is 6.48. The topological polar surface area (TPSA) is 81.4 Å². The summed E-state index contributed by atoms with van der Waals surface area (Å²) >= 11 is 0. The summed E-state index contributed by atoms with van der Waals surface area (Å²) in [4.78, 5) is 24.1. The summed E-state index contributed by atoms with van der Waals surface area (Å²) in [6, 6.07) is 15.7. The van der Waals surface area contributed by atoms with Crippen LogP contribution in [0.5, 0.6) is 0 Å². The highest BCUT2D eigenvalue weighted by Crippen LogP contribution is 2.24. The monoisotopic (exact) mass is 336 g/mol. The molecule has 0 bridgehead atoms. The van der Waals surface area contributed by atoms with Gasteiger partial charge in [0.25, 0.3) is 5.91 Å². The minimum Gasteiger partial charge on any atom is -0.462 e. The maximum atomic E-state index is 12.5. The number of anilines is 1. The molecule has 0 aliphatic rings. The van der Waals surface area contributed by atoms with Gasteiger partial charge in [-0.15, -0.1) is 0 Å². The Kier molecular flexibility index (Phi) is 4.89. The van der Waals surface area contributed by atoms with E-state index in [0.717, 1.165) is 5.56 Å². The molecule has 3 rings (SSSR count). The van der Waals surface area contributed by atoms with Crippen LogP contribution >= 0.6 is 0 Å². The Labute approximate surface area is 144 Å². The van der Waals surface area contributed by atoms with Crippen LogP contribution in [0, 0.1) is 0 Å². The number of benzene rings is 2. The van der Waals surface area contributed by atoms with Crippen molar-refractivity contribution in [3.8, 4) is 11.3 Å². The Balaban J connectivity index is 1.75. The largest absolute Gasteiger partial charge is 0.462 e. The predicted octanol–water partition coefficient (Wildman–Crippen LogP) is 3.77. The van der Waals surface area contributed by atoms with Crippen molar-refractivity contribution in [3.63, 3.8) is 0 Å². The molecule has 0 radical (unpaired) electrons. The molecule has 0 atom stereocenters. The standard InChI is InChI=1S/C19H16N2O4/c1-2-24-19(23)14-8-10-15(11-9-14)21-18(22)16-12-20-25-17(16)13-6-4-3-5-7-13/h3-12H,2H2,1H3,(H,21,22). The van der Waals surface area contributed by atoms with Crippen LogP contribution in [0.1, 0.15) is 27.6 Å². The molecule has 0 fully saturated rings. The van der Waals surface area contributed by atoms with Crippen LogP contribution in [0.25, 0.3) is 11.3 Å². The van der Waals surface area contributed by atoms with Crippen molar-refractivity contribution in [1.29, 1.82) is 0 Å². The zero-order valence-electron chi connectivity index (χ0n) is 13.6. The molecular weight excluding hydrogens is 320 g/mol. The number of carbonyl (C=O) groups excluding carboxylic acids is 2. The molecule has 0 aliphatic carbocycles. The Morgan fingerprint density at radius 2 is 1.80 bits per heavy atom. The maximum Gasteiger partial charge on any atom is 0.338 e. The highest BCUT2D eigenvalue weighted by atomic mass is 16.5. The number of nitrogens with zero attached hydrogens (tertiary/aromatic N) is 1. The van der Waals surface area contributed by atoms with Gasteiger partial charge in [0.05, 0.1) is 18.4 Å². The molecule has 3 aromatic rings. The van der Waals surface area contributed by atoms with Gasteiger partial charge in [-0.1, -0.05) is 35.5 Å². The van der Waals surface area contributed by atoms with Crippen molar-refractivity contribution in [2.75, 3.05) is 11.9 Å². The number of rotatable bonds is 5. The molecule has 0 saturated carbocycles. The smallest absolute Gasteiger partial charge is 0.338 e. The van der Waals surface area contributed by atoms with E-state index in [1.54, 1.807) is 31.2 Å². The second-order valence-corrected chi connectivity index (χ2v) is 5.19. The highest BCUT2D eigenvalue weighted by molar-refractivity contribution is 6.07. The molecule has 1 aromatic heterocycles. The quantitative estimate of drug-likeness (QED) is 0.717. The lowest BCUT2D eigenvalue weighted by Crippen LogP contribution is -2.12. The maximum absolute atomic E-state index is 12.5. The van der Waals surface area contributed by atoms with Crippen molar-refractivity contribution < 1.29 is 18.8 Å². The van der Waals surface area contributed by atoms with Crippen molar-refractivity contribution >= 4 is 17.6 Å². The van der Waals surface area contributed by atoms with Crippen LogP contribution in [0.4, 0.5) is 5.69 Å². The minimum atomic E-state index is -0.397. The Bertz CT molecular complexity index is 870. The van der Waals surface area contributed by atoms with Crippen LogP contribution in [0.15, 0.2) is 65.3 Å². The summed E-state index contributed by atoms with van der Waals surface area (Å²) in [6.45, 7) is 2.06. The number of amides is 1. The van der Waals surface area contributed by atoms with E-state index in [1.807, 2.05) is 30.3 Å². The molecule has 0 saturated heterocycles. The zero-order chi connectivity index (χ0) is 17.6. The molecule has 2 aromatic carbocycles. The second kappa shape index (κ2) is 7.44. The third-order valence-electron chi connectivity index (χ3n) is 3.50. The fourth-order valence-electron chi connectivity index (χ4n) is 2.30. The molecule has 1 N–H and O–H groups in total. The van der Waals surface area contributed by atoms with Crippen LogP contribution in [-0.4, -0.2) is 23.6 Å². The van der Waals surface area contributed by atoms with E-state index in [2.05, 4.69) is 10.5 Å². The first kappa shape index (κ1) is 16.4. The fourth-order valence-corrected chi connectivity index (χ4v) is 2.30. The first-order chi connectivity index (χ1) is 12.2. The molecule has 1 amide bonds. The SMILES string of the molecule is CCOC(=O)c1ccc(NC(=O)c2cnoc2-c2ccccc2)cc1. The molecule has 0 aliphatic heterocycles. The third-order valence-corrected chi connectivity index (χ3v) is 3.50. The van der Waals surface area contributed by atoms with Crippen LogP contribution in [0.2, 0.25) is 0 Å². The average Bonchev–Trinajstić information content (AvgIpc) is 3.13. The van der Waals surface area contributed by atoms with E-state index in [4.69, 9.17) is 9.26 Å². The van der Waals surface area contributed by atoms with E-state index in [9.17, 15) is 9.59 Å². The van der Waals surface area contributed by atoms with Gasteiger partial charge in [-0.05, 0) is 31.2 Å². The van der Waals surface area contributed by atoms with E-state index in [1.165, 1.54) is 6.20 Å². The summed E-state index contributed by atoms with van der Waals surface area (Å²) in [5.74, 6) is -0.337. The lowest BCUT2D eigenvalue weighted by Gasteiger charge is -2.06. The summed E-state index contributed by atoms with van der Waals surface area (Å²) in [6.07, 6.45) is 1.38. The van der Waals surface area contributed by atoms with Crippen LogP contribution in [0.3, 0.4) is 0 Å². The normalized spacial score (nSPS) is 10.3. The number of nitrogens with one attached hydrogen (secondary N) is 1. The van der Waals surface area contributed by atoms with Gasteiger partial charge >= 0.3 is 5.97 Å². The molecule has 126 valence electrons. The van der Waals surface area contributed by atoms with Gasteiger partial charge < -0.3 is 14.6 Å². The Morgan fingerprint density at radius 1 is 1.08 bits per heavy atom. The van der Waals surface area contributed by atoms with Crippen LogP contribution < -0.4 is 5.32 Å². The second-order valence-electron chi connectivity index (χ2n) is 5.19. The van der Waals surface area contributed by atoms with Gasteiger partial charge in [-0.25, -0.2) is 4.79 Å². The number of carbonyl (C=O) groups is 2. The van der Waals surface area contributed by atoms with E-state index in [0.29, 0.717) is 29.2 Å². The predicted molar refractivity (Wildman–Crippen MR) is 92.3 cm³/mol. The van der Waals surface area contributed by atoms with Crippen molar-refractivity contribution in [2.45, 2.75) is 6.92 Å². The van der Waals surface area contributed by atoms with Gasteiger partial charge in [0.2, 0.25) is 0 Å². The van der Waals surface area contributed by atoms with Gasteiger partial charge in [-0.2, -0.15) is 0 Å². The molecule has 6 nitrogen and oxygen atoms in total. The lowest BCUT2D eigenvalue weighted by atomic mass is 10.1. The van der Waals surface area contributed by atoms with Crippen molar-refractivity contribution in [3.05, 3.63) is 71.9 Å². The van der Waals surface area contributed by atoms with Crippen LogP contribution in [-0.2, 0) is 4.74 Å². The number of hydrogen-bond donors (Lipinski definition) is 1. The van der Waals surface area contributed by atoms with E-state index in [-0.39, 0.29) is 5.91 Å². The summed E-state index contributed by atoms with van der Waals surface area (Å²) in [7, 11) is 0. The molecule has 25 heavy (non-hydrogen) atoms. The van der Waals surface area contributed by atoms with Gasteiger partial charge in [-0.3, -0.25) is 4.79 Å². The third kappa shape index (κ3) is 3.74. The average molecular weight is 336 g/mol. The Hall–Kier alpha value is -3.41. The fraction of sp³-hybridized carbons (Fsp3) is 0.105. The first-order valence-electron chi connectivity index (χ1n) is 7.77.